The van der Waals surface area contributed by atoms with Crippen LogP contribution >= 0.6 is 0 Å². The minimum absolute atomic E-state index is 0.172. The number of nitrogens with one attached hydrogen (secondary N) is 1. The molecular weight excluding hydrogens is 254 g/mol. The Labute approximate surface area is 121 Å². The minimum Gasteiger partial charge on any atom is -0.496 e. The van der Waals surface area contributed by atoms with Gasteiger partial charge in [0.1, 0.15) is 23.4 Å². The number of benzene rings is 1. The van der Waals surface area contributed by atoms with Crippen molar-refractivity contribution < 1.29 is 14.2 Å². The van der Waals surface area contributed by atoms with E-state index in [2.05, 4.69) is 19.2 Å². The third-order valence-electron chi connectivity index (χ3n) is 4.69. The van der Waals surface area contributed by atoms with E-state index < -0.39 is 0 Å². The lowest BCUT2D eigenvalue weighted by Gasteiger charge is -2.53. The molecule has 3 unspecified atom stereocenters. The molecule has 0 radical (unpaired) electrons. The molecule has 4 nitrogen and oxygen atoms in total. The molecule has 1 saturated carbocycles. The average molecular weight is 279 g/mol. The number of hydrogen-bond acceptors (Lipinski definition) is 4. The summed E-state index contributed by atoms with van der Waals surface area (Å²) in [6, 6.07) is 6.18. The lowest BCUT2D eigenvalue weighted by Crippen LogP contribution is -2.62. The maximum absolute atomic E-state index is 6.17. The van der Waals surface area contributed by atoms with E-state index in [1.165, 1.54) is 0 Å². The summed E-state index contributed by atoms with van der Waals surface area (Å²) in [5, 5.41) is 3.37. The second-order valence-electron chi connectivity index (χ2n) is 5.59. The molecule has 0 heterocycles. The molecule has 20 heavy (non-hydrogen) atoms. The van der Waals surface area contributed by atoms with Crippen LogP contribution in [0.25, 0.3) is 0 Å². The fourth-order valence-electron chi connectivity index (χ4n) is 2.93. The van der Waals surface area contributed by atoms with Crippen LogP contribution in [0.4, 0.5) is 0 Å². The fraction of sp³-hybridized carbons (Fsp3) is 0.625. The lowest BCUT2D eigenvalue weighted by atomic mass is 9.61. The van der Waals surface area contributed by atoms with Crippen molar-refractivity contribution in [3.8, 4) is 17.2 Å². The highest BCUT2D eigenvalue weighted by Crippen LogP contribution is 2.46. The molecule has 0 bridgehead atoms. The van der Waals surface area contributed by atoms with Gasteiger partial charge < -0.3 is 19.5 Å². The first kappa shape index (κ1) is 15.0. The van der Waals surface area contributed by atoms with Crippen LogP contribution in [0.15, 0.2) is 18.2 Å². The normalized spacial score (nSPS) is 28.6. The van der Waals surface area contributed by atoms with Gasteiger partial charge in [-0.3, -0.25) is 0 Å². The maximum Gasteiger partial charge on any atom is 0.127 e. The smallest absolute Gasteiger partial charge is 0.127 e. The fourth-order valence-corrected chi connectivity index (χ4v) is 2.93. The molecule has 2 rings (SSSR count). The second-order valence-corrected chi connectivity index (χ2v) is 5.59. The first-order chi connectivity index (χ1) is 9.57. The van der Waals surface area contributed by atoms with Crippen molar-refractivity contribution in [2.24, 2.45) is 5.41 Å². The summed E-state index contributed by atoms with van der Waals surface area (Å²) in [5.41, 5.74) is 0.172. The van der Waals surface area contributed by atoms with Gasteiger partial charge in [-0.25, -0.2) is 0 Å². The van der Waals surface area contributed by atoms with Gasteiger partial charge in [0.15, 0.2) is 0 Å². The highest BCUT2D eigenvalue weighted by Gasteiger charge is 2.51. The standard InChI is InChI=1S/C16H25NO3/c1-6-16(2)14(17-3)10-15(16)20-13-8-11(18-4)7-12(9-13)19-5/h7-9,14-15,17H,6,10H2,1-5H3. The van der Waals surface area contributed by atoms with Crippen LogP contribution in [-0.4, -0.2) is 33.4 Å². The van der Waals surface area contributed by atoms with E-state index in [-0.39, 0.29) is 11.5 Å². The quantitative estimate of drug-likeness (QED) is 0.869. The highest BCUT2D eigenvalue weighted by molar-refractivity contribution is 5.42. The summed E-state index contributed by atoms with van der Waals surface area (Å²) in [7, 11) is 5.31. The largest absolute Gasteiger partial charge is 0.496 e. The Bertz CT molecular complexity index is 441. The Hall–Kier alpha value is -1.42. The molecule has 1 aromatic rings. The van der Waals surface area contributed by atoms with Crippen molar-refractivity contribution in [1.29, 1.82) is 0 Å². The molecule has 1 N–H and O–H groups in total. The van der Waals surface area contributed by atoms with E-state index in [1.807, 2.05) is 25.2 Å². The van der Waals surface area contributed by atoms with Crippen LogP contribution in [0, 0.1) is 5.41 Å². The summed E-state index contributed by atoms with van der Waals surface area (Å²) in [5.74, 6) is 2.31. The monoisotopic (exact) mass is 279 g/mol. The van der Waals surface area contributed by atoms with Crippen molar-refractivity contribution in [2.45, 2.75) is 38.8 Å². The molecule has 1 fully saturated rings. The molecule has 1 aliphatic carbocycles. The highest BCUT2D eigenvalue weighted by atomic mass is 16.5. The molecular formula is C16H25NO3. The summed E-state index contributed by atoms with van der Waals surface area (Å²) >= 11 is 0. The number of ether oxygens (including phenoxy) is 3. The van der Waals surface area contributed by atoms with Gasteiger partial charge in [-0.2, -0.15) is 0 Å². The third-order valence-corrected chi connectivity index (χ3v) is 4.69. The van der Waals surface area contributed by atoms with Crippen LogP contribution in [0.1, 0.15) is 26.7 Å². The lowest BCUT2D eigenvalue weighted by molar-refractivity contribution is -0.0678. The van der Waals surface area contributed by atoms with Crippen molar-refractivity contribution in [3.05, 3.63) is 18.2 Å². The summed E-state index contributed by atoms with van der Waals surface area (Å²) < 4.78 is 16.7. The first-order valence-electron chi connectivity index (χ1n) is 7.14. The predicted octanol–water partition coefficient (Wildman–Crippen LogP) is 2.86. The zero-order valence-electron chi connectivity index (χ0n) is 13.0. The molecule has 3 atom stereocenters. The molecule has 112 valence electrons. The predicted molar refractivity (Wildman–Crippen MR) is 79.8 cm³/mol. The SMILES string of the molecule is CCC1(C)C(NC)CC1Oc1cc(OC)cc(OC)c1. The number of methoxy groups -OCH3 is 2. The van der Waals surface area contributed by atoms with Crippen molar-refractivity contribution in [1.82, 2.24) is 5.32 Å². The van der Waals surface area contributed by atoms with Gasteiger partial charge in [0, 0.05) is 36.1 Å². The molecule has 0 aromatic heterocycles. The molecule has 0 amide bonds. The third kappa shape index (κ3) is 2.57. The van der Waals surface area contributed by atoms with Gasteiger partial charge in [0.05, 0.1) is 14.2 Å². The second kappa shape index (κ2) is 5.92. The van der Waals surface area contributed by atoms with Crippen LogP contribution in [-0.2, 0) is 0 Å². The van der Waals surface area contributed by atoms with Gasteiger partial charge >= 0.3 is 0 Å². The van der Waals surface area contributed by atoms with Crippen molar-refractivity contribution in [3.63, 3.8) is 0 Å². The maximum atomic E-state index is 6.17. The Morgan fingerprint density at radius 2 is 1.70 bits per heavy atom. The molecule has 0 aliphatic heterocycles. The summed E-state index contributed by atoms with van der Waals surface area (Å²) in [6.45, 7) is 4.49. The average Bonchev–Trinajstić information content (AvgIpc) is 2.49. The molecule has 0 spiro atoms. The Morgan fingerprint density at radius 3 is 2.15 bits per heavy atom. The molecule has 4 heteroatoms. The number of rotatable bonds is 6. The minimum atomic E-state index is 0.172. The zero-order valence-corrected chi connectivity index (χ0v) is 13.0. The van der Waals surface area contributed by atoms with Crippen LogP contribution < -0.4 is 19.5 Å². The van der Waals surface area contributed by atoms with Gasteiger partial charge in [-0.15, -0.1) is 0 Å². The molecule has 0 saturated heterocycles. The van der Waals surface area contributed by atoms with E-state index in [4.69, 9.17) is 14.2 Å². The van der Waals surface area contributed by atoms with E-state index in [9.17, 15) is 0 Å². The first-order valence-corrected chi connectivity index (χ1v) is 7.14. The molecule has 1 aromatic carbocycles. The van der Waals surface area contributed by atoms with Gasteiger partial charge in [-0.05, 0) is 13.5 Å². The summed E-state index contributed by atoms with van der Waals surface area (Å²) in [6.07, 6.45) is 2.34. The Morgan fingerprint density at radius 1 is 1.15 bits per heavy atom. The summed E-state index contributed by atoms with van der Waals surface area (Å²) in [4.78, 5) is 0. The van der Waals surface area contributed by atoms with Gasteiger partial charge in [0.2, 0.25) is 0 Å². The van der Waals surface area contributed by atoms with Crippen LogP contribution in [0.2, 0.25) is 0 Å². The van der Waals surface area contributed by atoms with E-state index in [1.54, 1.807) is 14.2 Å². The Balaban J connectivity index is 2.14. The van der Waals surface area contributed by atoms with Gasteiger partial charge in [-0.1, -0.05) is 13.8 Å². The van der Waals surface area contributed by atoms with E-state index >= 15 is 0 Å². The number of hydrogen-bond donors (Lipinski definition) is 1. The Kier molecular flexibility index (Phi) is 4.43. The molecule has 1 aliphatic rings. The zero-order chi connectivity index (χ0) is 14.8. The van der Waals surface area contributed by atoms with Gasteiger partial charge in [0.25, 0.3) is 0 Å². The van der Waals surface area contributed by atoms with Crippen LogP contribution in [0.3, 0.4) is 0 Å². The van der Waals surface area contributed by atoms with Crippen LogP contribution in [0.5, 0.6) is 17.2 Å². The topological polar surface area (TPSA) is 39.7 Å². The van der Waals surface area contributed by atoms with E-state index in [0.29, 0.717) is 6.04 Å². The van der Waals surface area contributed by atoms with Crippen molar-refractivity contribution >= 4 is 0 Å². The van der Waals surface area contributed by atoms with E-state index in [0.717, 1.165) is 30.1 Å². The van der Waals surface area contributed by atoms with Crippen molar-refractivity contribution in [2.75, 3.05) is 21.3 Å².